The average Bonchev–Trinajstić information content (AvgIpc) is 3.30. The van der Waals surface area contributed by atoms with Gasteiger partial charge in [-0.05, 0) is 42.7 Å². The van der Waals surface area contributed by atoms with Gasteiger partial charge in [-0.2, -0.15) is 5.10 Å². The molecule has 0 atom stereocenters. The van der Waals surface area contributed by atoms with Gasteiger partial charge in [0.25, 0.3) is 0 Å². The van der Waals surface area contributed by atoms with Gasteiger partial charge in [0.15, 0.2) is 11.3 Å². The second-order valence-corrected chi connectivity index (χ2v) is 9.84. The van der Waals surface area contributed by atoms with Gasteiger partial charge in [0.2, 0.25) is 0 Å². The molecule has 36 heavy (non-hydrogen) atoms. The van der Waals surface area contributed by atoms with E-state index in [1.54, 1.807) is 6.33 Å². The first-order chi connectivity index (χ1) is 17.5. The van der Waals surface area contributed by atoms with E-state index in [2.05, 4.69) is 14.9 Å². The van der Waals surface area contributed by atoms with Crippen LogP contribution in [0.2, 0.25) is 10.0 Å². The van der Waals surface area contributed by atoms with Crippen molar-refractivity contribution in [2.24, 2.45) is 0 Å². The molecule has 0 amide bonds. The van der Waals surface area contributed by atoms with E-state index >= 15 is 0 Å². The molecule has 1 aliphatic rings. The second kappa shape index (κ2) is 9.21. The highest BCUT2D eigenvalue weighted by Gasteiger charge is 2.35. The van der Waals surface area contributed by atoms with Gasteiger partial charge >= 0.3 is 0 Å². The second-order valence-electron chi connectivity index (χ2n) is 9.00. The van der Waals surface area contributed by atoms with Gasteiger partial charge in [-0.3, -0.25) is 0 Å². The van der Waals surface area contributed by atoms with Gasteiger partial charge in [0.05, 0.1) is 16.3 Å². The lowest BCUT2D eigenvalue weighted by molar-refractivity contribution is 0.0117. The Morgan fingerprint density at radius 1 is 0.778 bits per heavy atom. The minimum Gasteiger partial charge on any atom is -0.385 e. The number of para-hydroxylation sites is 1. The Morgan fingerprint density at radius 2 is 1.47 bits per heavy atom. The summed E-state index contributed by atoms with van der Waals surface area (Å²) in [6.07, 6.45) is 2.77. The number of rotatable bonds is 4. The first-order valence-corrected chi connectivity index (χ1v) is 12.6. The SMILES string of the molecule is OC1(c2ccccc2)CCN(c2ncnc3c(-c4ccc(Cl)cc4)n(-c4ccccc4Cl)nc23)CC1. The summed E-state index contributed by atoms with van der Waals surface area (Å²) in [5, 5.41) is 17.5. The van der Waals surface area contributed by atoms with Gasteiger partial charge in [-0.1, -0.05) is 77.8 Å². The molecular weight excluding hydrogens is 493 g/mol. The van der Waals surface area contributed by atoms with Crippen molar-refractivity contribution < 1.29 is 5.11 Å². The Morgan fingerprint density at radius 3 is 2.19 bits per heavy atom. The molecular formula is C28H23Cl2N5O. The van der Waals surface area contributed by atoms with Crippen LogP contribution in [0.15, 0.2) is 85.2 Å². The zero-order chi connectivity index (χ0) is 24.7. The molecule has 1 saturated heterocycles. The van der Waals surface area contributed by atoms with Gasteiger partial charge in [0.1, 0.15) is 17.5 Å². The number of fused-ring (bicyclic) bond motifs is 1. The van der Waals surface area contributed by atoms with Crippen LogP contribution in [0.3, 0.4) is 0 Å². The minimum atomic E-state index is -0.852. The third kappa shape index (κ3) is 4.01. The Bertz CT molecular complexity index is 1530. The van der Waals surface area contributed by atoms with Crippen molar-refractivity contribution >= 4 is 40.1 Å². The van der Waals surface area contributed by atoms with Gasteiger partial charge in [-0.15, -0.1) is 0 Å². The summed E-state index contributed by atoms with van der Waals surface area (Å²) in [4.78, 5) is 11.5. The Hall–Kier alpha value is -3.45. The summed E-state index contributed by atoms with van der Waals surface area (Å²) in [6, 6.07) is 25.1. The first-order valence-electron chi connectivity index (χ1n) is 11.8. The van der Waals surface area contributed by atoms with E-state index in [4.69, 9.17) is 28.3 Å². The lowest BCUT2D eigenvalue weighted by Crippen LogP contribution is -2.43. The Balaban J connectivity index is 1.45. The number of anilines is 1. The number of piperidine rings is 1. The van der Waals surface area contributed by atoms with E-state index in [0.717, 1.165) is 33.8 Å². The van der Waals surface area contributed by atoms with E-state index < -0.39 is 5.60 Å². The van der Waals surface area contributed by atoms with Crippen molar-refractivity contribution in [1.29, 1.82) is 0 Å². The molecule has 180 valence electrons. The maximum Gasteiger partial charge on any atom is 0.160 e. The topological polar surface area (TPSA) is 67.1 Å². The molecule has 5 aromatic rings. The fourth-order valence-corrected chi connectivity index (χ4v) is 5.25. The summed E-state index contributed by atoms with van der Waals surface area (Å²) in [6.45, 7) is 1.29. The molecule has 0 aliphatic carbocycles. The molecule has 1 aliphatic heterocycles. The summed E-state index contributed by atoms with van der Waals surface area (Å²) in [7, 11) is 0. The molecule has 3 heterocycles. The Labute approximate surface area is 218 Å². The number of aromatic nitrogens is 4. The smallest absolute Gasteiger partial charge is 0.160 e. The summed E-state index contributed by atoms with van der Waals surface area (Å²) >= 11 is 12.8. The van der Waals surface area contributed by atoms with Crippen molar-refractivity contribution in [2.45, 2.75) is 18.4 Å². The average molecular weight is 516 g/mol. The Kier molecular flexibility index (Phi) is 5.88. The molecule has 6 rings (SSSR count). The van der Waals surface area contributed by atoms with Crippen LogP contribution in [0.5, 0.6) is 0 Å². The molecule has 8 heteroatoms. The predicted molar refractivity (Wildman–Crippen MR) is 144 cm³/mol. The summed E-state index contributed by atoms with van der Waals surface area (Å²) < 4.78 is 1.83. The lowest BCUT2D eigenvalue weighted by Gasteiger charge is -2.39. The molecule has 0 radical (unpaired) electrons. The van der Waals surface area contributed by atoms with Crippen LogP contribution in [0, 0.1) is 0 Å². The van der Waals surface area contributed by atoms with Gasteiger partial charge < -0.3 is 10.0 Å². The number of aliphatic hydroxyl groups is 1. The van der Waals surface area contributed by atoms with E-state index in [0.29, 0.717) is 41.5 Å². The molecule has 0 bridgehead atoms. The molecule has 1 N–H and O–H groups in total. The molecule has 3 aromatic carbocycles. The normalized spacial score (nSPS) is 15.4. The van der Waals surface area contributed by atoms with Crippen LogP contribution >= 0.6 is 23.2 Å². The monoisotopic (exact) mass is 515 g/mol. The molecule has 0 saturated carbocycles. The van der Waals surface area contributed by atoms with Crippen LogP contribution in [0.1, 0.15) is 18.4 Å². The third-order valence-electron chi connectivity index (χ3n) is 6.84. The standard InChI is InChI=1S/C28H23Cl2N5O/c29-21-12-10-19(11-13-21)26-24-25(33-35(26)23-9-5-4-8-22(23)30)27(32-18-31-24)34-16-14-28(36,15-17-34)20-6-2-1-3-7-20/h1-13,18,36H,14-17H2. The number of benzene rings is 3. The van der Waals surface area contributed by atoms with Crippen LogP contribution in [-0.2, 0) is 5.60 Å². The van der Waals surface area contributed by atoms with Crippen molar-refractivity contribution in [2.75, 3.05) is 18.0 Å². The van der Waals surface area contributed by atoms with Crippen LogP contribution in [-0.4, -0.2) is 37.9 Å². The quantitative estimate of drug-likeness (QED) is 0.305. The summed E-state index contributed by atoms with van der Waals surface area (Å²) in [5.41, 5.74) is 4.00. The molecule has 0 unspecified atom stereocenters. The van der Waals surface area contributed by atoms with E-state index in [1.807, 2.05) is 83.5 Å². The summed E-state index contributed by atoms with van der Waals surface area (Å²) in [5.74, 6) is 0.746. The van der Waals surface area contributed by atoms with Crippen molar-refractivity contribution in [3.8, 4) is 16.9 Å². The van der Waals surface area contributed by atoms with Gasteiger partial charge in [0, 0.05) is 23.7 Å². The van der Waals surface area contributed by atoms with E-state index in [-0.39, 0.29) is 0 Å². The number of nitrogens with zero attached hydrogens (tertiary/aromatic N) is 5. The fraction of sp³-hybridized carbons (Fsp3) is 0.179. The number of halogens is 2. The predicted octanol–water partition coefficient (Wildman–Crippen LogP) is 6.28. The maximum absolute atomic E-state index is 11.3. The molecule has 0 spiro atoms. The van der Waals surface area contributed by atoms with Crippen LogP contribution < -0.4 is 4.90 Å². The largest absolute Gasteiger partial charge is 0.385 e. The molecule has 1 fully saturated rings. The molecule has 6 nitrogen and oxygen atoms in total. The zero-order valence-electron chi connectivity index (χ0n) is 19.4. The van der Waals surface area contributed by atoms with E-state index in [9.17, 15) is 5.11 Å². The number of hydrogen-bond donors (Lipinski definition) is 1. The van der Waals surface area contributed by atoms with Crippen molar-refractivity contribution in [1.82, 2.24) is 19.7 Å². The van der Waals surface area contributed by atoms with Crippen molar-refractivity contribution in [3.05, 3.63) is 101 Å². The minimum absolute atomic E-state index is 0.584. The first kappa shape index (κ1) is 23.0. The van der Waals surface area contributed by atoms with Crippen LogP contribution in [0.4, 0.5) is 5.82 Å². The highest BCUT2D eigenvalue weighted by atomic mass is 35.5. The highest BCUT2D eigenvalue weighted by molar-refractivity contribution is 6.32. The van der Waals surface area contributed by atoms with Crippen molar-refractivity contribution in [3.63, 3.8) is 0 Å². The maximum atomic E-state index is 11.3. The van der Waals surface area contributed by atoms with E-state index in [1.165, 1.54) is 0 Å². The number of hydrogen-bond acceptors (Lipinski definition) is 5. The van der Waals surface area contributed by atoms with Crippen LogP contribution in [0.25, 0.3) is 28.0 Å². The zero-order valence-corrected chi connectivity index (χ0v) is 20.9. The third-order valence-corrected chi connectivity index (χ3v) is 7.41. The highest BCUT2D eigenvalue weighted by Crippen LogP contribution is 2.38. The fourth-order valence-electron chi connectivity index (χ4n) is 4.91. The van der Waals surface area contributed by atoms with Gasteiger partial charge in [-0.25, -0.2) is 14.6 Å². The molecule has 2 aromatic heterocycles. The lowest BCUT2D eigenvalue weighted by atomic mass is 9.84.